The molecule has 0 aliphatic rings. The monoisotopic (exact) mass is 189 g/mol. The number of hydrogen-bond acceptors (Lipinski definition) is 3. The van der Waals surface area contributed by atoms with Crippen LogP contribution in [0.25, 0.3) is 11.5 Å². The van der Waals surface area contributed by atoms with Gasteiger partial charge in [-0.3, -0.25) is 0 Å². The van der Waals surface area contributed by atoms with Crippen LogP contribution in [0.2, 0.25) is 0 Å². The summed E-state index contributed by atoms with van der Waals surface area (Å²) in [5.74, 6) is 0.616. The fourth-order valence-electron chi connectivity index (χ4n) is 1.35. The summed E-state index contributed by atoms with van der Waals surface area (Å²) in [6, 6.07) is 7.82. The van der Waals surface area contributed by atoms with Gasteiger partial charge >= 0.3 is 0 Å². The van der Waals surface area contributed by atoms with Crippen molar-refractivity contribution in [1.82, 2.24) is 4.98 Å². The molecule has 0 aliphatic carbocycles. The smallest absolute Gasteiger partial charge is 0.225 e. The third-order valence-electron chi connectivity index (χ3n) is 2.01. The zero-order valence-electron chi connectivity index (χ0n) is 7.68. The average Bonchev–Trinajstić information content (AvgIpc) is 2.71. The minimum absolute atomic E-state index is 0.162. The number of rotatable bonds is 3. The first-order valence-electron chi connectivity index (χ1n) is 4.50. The van der Waals surface area contributed by atoms with E-state index in [1.165, 1.54) is 0 Å². The molecule has 1 N–H and O–H groups in total. The number of nitrogens with zero attached hydrogens (tertiary/aromatic N) is 1. The second kappa shape index (κ2) is 4.07. The van der Waals surface area contributed by atoms with Gasteiger partial charge in [0.15, 0.2) is 0 Å². The molecule has 0 aliphatic heterocycles. The highest BCUT2D eigenvalue weighted by molar-refractivity contribution is 5.53. The largest absolute Gasteiger partial charge is 0.445 e. The maximum Gasteiger partial charge on any atom is 0.225 e. The van der Waals surface area contributed by atoms with Crippen LogP contribution in [0.3, 0.4) is 0 Å². The van der Waals surface area contributed by atoms with Crippen LogP contribution in [0.5, 0.6) is 0 Å². The van der Waals surface area contributed by atoms with Crippen molar-refractivity contribution in [2.45, 2.75) is 6.42 Å². The lowest BCUT2D eigenvalue weighted by Crippen LogP contribution is -1.90. The summed E-state index contributed by atoms with van der Waals surface area (Å²) in [7, 11) is 0. The first kappa shape index (κ1) is 8.97. The van der Waals surface area contributed by atoms with Crippen molar-refractivity contribution < 1.29 is 9.52 Å². The quantitative estimate of drug-likeness (QED) is 0.801. The lowest BCUT2D eigenvalue weighted by Gasteiger charge is -2.00. The molecule has 14 heavy (non-hydrogen) atoms. The van der Waals surface area contributed by atoms with Gasteiger partial charge in [-0.25, -0.2) is 4.98 Å². The van der Waals surface area contributed by atoms with Crippen molar-refractivity contribution in [2.75, 3.05) is 6.61 Å². The molecule has 0 radical (unpaired) electrons. The minimum Gasteiger partial charge on any atom is -0.445 e. The summed E-state index contributed by atoms with van der Waals surface area (Å²) >= 11 is 0. The number of oxazole rings is 1. The van der Waals surface area contributed by atoms with E-state index in [4.69, 9.17) is 9.52 Å². The van der Waals surface area contributed by atoms with Gasteiger partial charge in [-0.05, 0) is 24.1 Å². The van der Waals surface area contributed by atoms with Gasteiger partial charge in [0.05, 0.1) is 6.20 Å². The van der Waals surface area contributed by atoms with Gasteiger partial charge in [0.1, 0.15) is 6.26 Å². The van der Waals surface area contributed by atoms with E-state index in [0.29, 0.717) is 12.3 Å². The molecule has 0 bridgehead atoms. The second-order valence-corrected chi connectivity index (χ2v) is 3.01. The molecule has 1 aromatic heterocycles. The fraction of sp³-hybridized carbons (Fsp3) is 0.182. The summed E-state index contributed by atoms with van der Waals surface area (Å²) in [5.41, 5.74) is 2.03. The molecule has 72 valence electrons. The van der Waals surface area contributed by atoms with Crippen molar-refractivity contribution in [2.24, 2.45) is 0 Å². The van der Waals surface area contributed by atoms with Crippen LogP contribution < -0.4 is 0 Å². The third kappa shape index (κ3) is 1.83. The van der Waals surface area contributed by atoms with E-state index in [2.05, 4.69) is 4.98 Å². The second-order valence-electron chi connectivity index (χ2n) is 3.01. The Morgan fingerprint density at radius 3 is 3.00 bits per heavy atom. The lowest BCUT2D eigenvalue weighted by atomic mass is 10.1. The topological polar surface area (TPSA) is 46.3 Å². The van der Waals surface area contributed by atoms with Crippen LogP contribution in [-0.2, 0) is 6.42 Å². The Morgan fingerprint density at radius 2 is 2.29 bits per heavy atom. The predicted molar refractivity (Wildman–Crippen MR) is 52.7 cm³/mol. The molecule has 3 nitrogen and oxygen atoms in total. The summed E-state index contributed by atoms with van der Waals surface area (Å²) in [4.78, 5) is 4.06. The van der Waals surface area contributed by atoms with Crippen molar-refractivity contribution in [1.29, 1.82) is 0 Å². The van der Waals surface area contributed by atoms with E-state index in [-0.39, 0.29) is 6.61 Å². The van der Waals surface area contributed by atoms with Gasteiger partial charge in [0, 0.05) is 12.2 Å². The molecule has 2 aromatic rings. The van der Waals surface area contributed by atoms with Crippen molar-refractivity contribution in [3.8, 4) is 11.5 Å². The third-order valence-corrected chi connectivity index (χ3v) is 2.01. The molecule has 3 heteroatoms. The highest BCUT2D eigenvalue weighted by atomic mass is 16.3. The van der Waals surface area contributed by atoms with Crippen LogP contribution >= 0.6 is 0 Å². The fourth-order valence-corrected chi connectivity index (χ4v) is 1.35. The van der Waals surface area contributed by atoms with E-state index < -0.39 is 0 Å². The van der Waals surface area contributed by atoms with E-state index >= 15 is 0 Å². The Bertz CT molecular complexity index is 395. The van der Waals surface area contributed by atoms with Crippen LogP contribution in [0.4, 0.5) is 0 Å². The first-order chi connectivity index (χ1) is 6.90. The number of hydrogen-bond donors (Lipinski definition) is 1. The van der Waals surface area contributed by atoms with Crippen LogP contribution in [-0.4, -0.2) is 16.7 Å². The Morgan fingerprint density at radius 1 is 1.36 bits per heavy atom. The maximum atomic E-state index is 8.80. The van der Waals surface area contributed by atoms with Crippen molar-refractivity contribution >= 4 is 0 Å². The Kier molecular flexibility index (Phi) is 2.60. The lowest BCUT2D eigenvalue weighted by molar-refractivity contribution is 0.299. The molecule has 0 saturated carbocycles. The van der Waals surface area contributed by atoms with E-state index in [9.17, 15) is 0 Å². The average molecular weight is 189 g/mol. The maximum absolute atomic E-state index is 8.80. The molecule has 1 heterocycles. The number of aliphatic hydroxyl groups excluding tert-OH is 1. The standard InChI is InChI=1S/C11H11NO2/c13-6-4-9-2-1-3-10(8-9)11-12-5-7-14-11/h1-3,5,7-8,13H,4,6H2. The molecular weight excluding hydrogens is 178 g/mol. The zero-order chi connectivity index (χ0) is 9.80. The van der Waals surface area contributed by atoms with Gasteiger partial charge in [-0.15, -0.1) is 0 Å². The molecule has 0 amide bonds. The highest BCUT2D eigenvalue weighted by Crippen LogP contribution is 2.18. The molecule has 2 rings (SSSR count). The number of benzene rings is 1. The molecular formula is C11H11NO2. The normalized spacial score (nSPS) is 10.4. The Balaban J connectivity index is 2.31. The van der Waals surface area contributed by atoms with Gasteiger partial charge in [0.2, 0.25) is 5.89 Å². The molecule has 0 unspecified atom stereocenters. The Hall–Kier alpha value is -1.61. The van der Waals surface area contributed by atoms with Gasteiger partial charge in [0.25, 0.3) is 0 Å². The van der Waals surface area contributed by atoms with Crippen molar-refractivity contribution in [3.05, 3.63) is 42.3 Å². The SMILES string of the molecule is OCCc1cccc(-c2ncco2)c1. The van der Waals surface area contributed by atoms with Gasteiger partial charge < -0.3 is 9.52 Å². The molecule has 1 aromatic carbocycles. The van der Waals surface area contributed by atoms with Crippen molar-refractivity contribution in [3.63, 3.8) is 0 Å². The Labute approximate surface area is 82.0 Å². The summed E-state index contributed by atoms with van der Waals surface area (Å²) in [5, 5.41) is 8.80. The van der Waals surface area contributed by atoms with Crippen LogP contribution in [0, 0.1) is 0 Å². The van der Waals surface area contributed by atoms with Crippen LogP contribution in [0.15, 0.2) is 41.1 Å². The van der Waals surface area contributed by atoms with Gasteiger partial charge in [-0.1, -0.05) is 12.1 Å². The number of aliphatic hydroxyl groups is 1. The molecule has 0 spiro atoms. The molecule has 0 atom stereocenters. The summed E-state index contributed by atoms with van der Waals surface area (Å²) < 4.78 is 5.18. The first-order valence-corrected chi connectivity index (χ1v) is 4.50. The molecule has 0 fully saturated rings. The highest BCUT2D eigenvalue weighted by Gasteiger charge is 2.02. The van der Waals surface area contributed by atoms with Crippen LogP contribution in [0.1, 0.15) is 5.56 Å². The van der Waals surface area contributed by atoms with E-state index in [1.54, 1.807) is 12.5 Å². The molecule has 0 saturated heterocycles. The summed E-state index contributed by atoms with van der Waals surface area (Å²) in [6.07, 6.45) is 3.83. The number of aromatic nitrogens is 1. The zero-order valence-corrected chi connectivity index (χ0v) is 7.68. The van der Waals surface area contributed by atoms with E-state index in [0.717, 1.165) is 11.1 Å². The minimum atomic E-state index is 0.162. The van der Waals surface area contributed by atoms with E-state index in [1.807, 2.05) is 24.3 Å². The summed E-state index contributed by atoms with van der Waals surface area (Å²) in [6.45, 7) is 0.162. The predicted octanol–water partition coefficient (Wildman–Crippen LogP) is 1.88. The van der Waals surface area contributed by atoms with Gasteiger partial charge in [-0.2, -0.15) is 0 Å².